The van der Waals surface area contributed by atoms with E-state index >= 15 is 0 Å². The van der Waals surface area contributed by atoms with E-state index < -0.39 is 0 Å². The average Bonchev–Trinajstić information content (AvgIpc) is 3.31. The van der Waals surface area contributed by atoms with Crippen LogP contribution in [0.4, 0.5) is 0 Å². The maximum atomic E-state index is 5.65. The second kappa shape index (κ2) is 11.5. The van der Waals surface area contributed by atoms with Crippen molar-refractivity contribution in [3.63, 3.8) is 0 Å². The molecule has 0 bridgehead atoms. The summed E-state index contributed by atoms with van der Waals surface area (Å²) in [5, 5.41) is 6.59. The molecule has 2 heterocycles. The van der Waals surface area contributed by atoms with E-state index in [0.29, 0.717) is 26.0 Å². The van der Waals surface area contributed by atoms with E-state index in [9.17, 15) is 0 Å². The normalized spacial score (nSPS) is 18.5. The lowest BCUT2D eigenvalue weighted by Gasteiger charge is -2.13. The largest absolute Gasteiger partial charge is 0.454 e. The molecule has 146 valence electrons. The van der Waals surface area contributed by atoms with E-state index in [1.165, 1.54) is 0 Å². The van der Waals surface area contributed by atoms with Gasteiger partial charge >= 0.3 is 0 Å². The molecule has 1 aromatic rings. The van der Waals surface area contributed by atoms with Crippen LogP contribution in [0.3, 0.4) is 0 Å². The zero-order valence-corrected chi connectivity index (χ0v) is 17.5. The van der Waals surface area contributed by atoms with Crippen molar-refractivity contribution in [2.75, 3.05) is 40.2 Å². The van der Waals surface area contributed by atoms with Gasteiger partial charge in [0.1, 0.15) is 0 Å². The Kier molecular flexibility index (Phi) is 9.27. The summed E-state index contributed by atoms with van der Waals surface area (Å²) in [4.78, 5) is 4.23. The number of fused-ring (bicyclic) bond motifs is 1. The van der Waals surface area contributed by atoms with Gasteiger partial charge in [-0.1, -0.05) is 6.07 Å². The van der Waals surface area contributed by atoms with Crippen molar-refractivity contribution in [2.45, 2.75) is 31.9 Å². The van der Waals surface area contributed by atoms with Gasteiger partial charge in [-0.2, -0.15) is 0 Å². The number of nitrogens with zero attached hydrogens (tertiary/aromatic N) is 1. The Bertz CT molecular complexity index is 580. The molecule has 2 N–H and O–H groups in total. The molecule has 0 aromatic heterocycles. The molecule has 1 fully saturated rings. The van der Waals surface area contributed by atoms with Crippen molar-refractivity contribution < 1.29 is 18.9 Å². The summed E-state index contributed by atoms with van der Waals surface area (Å²) in [6.07, 6.45) is 3.50. The van der Waals surface area contributed by atoms with Crippen LogP contribution in [0.15, 0.2) is 23.2 Å². The summed E-state index contributed by atoms with van der Waals surface area (Å²) >= 11 is 0. The number of halogens is 1. The van der Waals surface area contributed by atoms with Crippen LogP contribution in [0, 0.1) is 0 Å². The highest BCUT2D eigenvalue weighted by Crippen LogP contribution is 2.32. The summed E-state index contributed by atoms with van der Waals surface area (Å²) in [7, 11) is 1.77. The van der Waals surface area contributed by atoms with Crippen LogP contribution >= 0.6 is 24.0 Å². The molecule has 0 aliphatic carbocycles. The van der Waals surface area contributed by atoms with Crippen LogP contribution in [0.1, 0.15) is 24.8 Å². The van der Waals surface area contributed by atoms with Crippen molar-refractivity contribution in [2.24, 2.45) is 4.99 Å². The first-order valence-electron chi connectivity index (χ1n) is 8.87. The number of aliphatic imine (C=N–C) groups is 1. The zero-order valence-electron chi connectivity index (χ0n) is 15.2. The Labute approximate surface area is 171 Å². The second-order valence-corrected chi connectivity index (χ2v) is 6.10. The van der Waals surface area contributed by atoms with Gasteiger partial charge in [0.25, 0.3) is 0 Å². The molecule has 1 unspecified atom stereocenters. The van der Waals surface area contributed by atoms with Gasteiger partial charge in [0.05, 0.1) is 12.7 Å². The standard InChI is InChI=1S/C18H27N3O4.HI/c1-19-18(20-7-3-8-22-12-15-4-2-9-23-15)21-11-14-5-6-16-17(10-14)25-13-24-16;/h5-6,10,15H,2-4,7-9,11-13H2,1H3,(H2,19,20,21);1H. The zero-order chi connectivity index (χ0) is 17.3. The molecule has 0 spiro atoms. The van der Waals surface area contributed by atoms with Crippen LogP contribution in [0.2, 0.25) is 0 Å². The lowest BCUT2D eigenvalue weighted by Crippen LogP contribution is -2.37. The van der Waals surface area contributed by atoms with Gasteiger partial charge < -0.3 is 29.6 Å². The SMILES string of the molecule is CN=C(NCCCOCC1CCCO1)NCc1ccc2c(c1)OCO2.I. The summed E-state index contributed by atoms with van der Waals surface area (Å²) in [5.41, 5.74) is 1.12. The molecule has 0 saturated carbocycles. The molecule has 3 rings (SSSR count). The Morgan fingerprint density at radius 1 is 1.27 bits per heavy atom. The smallest absolute Gasteiger partial charge is 0.231 e. The maximum Gasteiger partial charge on any atom is 0.231 e. The molecule has 7 nitrogen and oxygen atoms in total. The van der Waals surface area contributed by atoms with E-state index in [1.807, 2.05) is 18.2 Å². The molecule has 0 radical (unpaired) electrons. The van der Waals surface area contributed by atoms with E-state index in [-0.39, 0.29) is 24.0 Å². The fourth-order valence-electron chi connectivity index (χ4n) is 2.83. The number of ether oxygens (including phenoxy) is 4. The first kappa shape index (κ1) is 21.0. The lowest BCUT2D eigenvalue weighted by molar-refractivity contribution is 0.0168. The fourth-order valence-corrected chi connectivity index (χ4v) is 2.83. The van der Waals surface area contributed by atoms with E-state index in [1.54, 1.807) is 7.05 Å². The Morgan fingerprint density at radius 2 is 2.15 bits per heavy atom. The molecule has 26 heavy (non-hydrogen) atoms. The van der Waals surface area contributed by atoms with Crippen molar-refractivity contribution in [3.05, 3.63) is 23.8 Å². The summed E-state index contributed by atoms with van der Waals surface area (Å²) < 4.78 is 21.9. The molecule has 2 aliphatic rings. The molecule has 1 saturated heterocycles. The van der Waals surface area contributed by atoms with Gasteiger partial charge in [-0.05, 0) is 37.0 Å². The number of rotatable bonds is 8. The predicted octanol–water partition coefficient (Wildman–Crippen LogP) is 2.28. The lowest BCUT2D eigenvalue weighted by atomic mass is 10.2. The third-order valence-electron chi connectivity index (χ3n) is 4.21. The third kappa shape index (κ3) is 6.48. The number of hydrogen-bond donors (Lipinski definition) is 2. The summed E-state index contributed by atoms with van der Waals surface area (Å²) in [5.74, 6) is 2.37. The molecule has 2 aliphatic heterocycles. The minimum atomic E-state index is 0. The van der Waals surface area contributed by atoms with Gasteiger partial charge in [0, 0.05) is 33.4 Å². The van der Waals surface area contributed by atoms with Crippen molar-refractivity contribution >= 4 is 29.9 Å². The van der Waals surface area contributed by atoms with Crippen LogP contribution in [-0.2, 0) is 16.0 Å². The van der Waals surface area contributed by atoms with E-state index in [2.05, 4.69) is 15.6 Å². The van der Waals surface area contributed by atoms with Crippen molar-refractivity contribution in [3.8, 4) is 11.5 Å². The molecule has 1 aromatic carbocycles. The topological polar surface area (TPSA) is 73.3 Å². The molecule has 1 atom stereocenters. The summed E-state index contributed by atoms with van der Waals surface area (Å²) in [6.45, 7) is 4.09. The number of hydrogen-bond acceptors (Lipinski definition) is 5. The third-order valence-corrected chi connectivity index (χ3v) is 4.21. The van der Waals surface area contributed by atoms with Crippen LogP contribution in [0.25, 0.3) is 0 Å². The monoisotopic (exact) mass is 477 g/mol. The Hall–Kier alpha value is -1.26. The maximum absolute atomic E-state index is 5.65. The van der Waals surface area contributed by atoms with Gasteiger partial charge in [0.15, 0.2) is 17.5 Å². The fraction of sp³-hybridized carbons (Fsp3) is 0.611. The number of benzene rings is 1. The van der Waals surface area contributed by atoms with Gasteiger partial charge in [-0.25, -0.2) is 0 Å². The van der Waals surface area contributed by atoms with Crippen molar-refractivity contribution in [1.82, 2.24) is 10.6 Å². The van der Waals surface area contributed by atoms with Crippen LogP contribution in [0.5, 0.6) is 11.5 Å². The molecular weight excluding hydrogens is 449 g/mol. The Morgan fingerprint density at radius 3 is 2.96 bits per heavy atom. The molecule has 0 amide bonds. The highest BCUT2D eigenvalue weighted by molar-refractivity contribution is 14.0. The average molecular weight is 477 g/mol. The highest BCUT2D eigenvalue weighted by atomic mass is 127. The van der Waals surface area contributed by atoms with Crippen LogP contribution in [-0.4, -0.2) is 52.3 Å². The van der Waals surface area contributed by atoms with Gasteiger partial charge in [-0.15, -0.1) is 24.0 Å². The Balaban J connectivity index is 0.00000243. The van der Waals surface area contributed by atoms with Crippen LogP contribution < -0.4 is 20.1 Å². The number of nitrogens with one attached hydrogen (secondary N) is 2. The highest BCUT2D eigenvalue weighted by Gasteiger charge is 2.15. The van der Waals surface area contributed by atoms with Gasteiger partial charge in [-0.3, -0.25) is 4.99 Å². The van der Waals surface area contributed by atoms with Crippen molar-refractivity contribution in [1.29, 1.82) is 0 Å². The number of guanidine groups is 1. The second-order valence-electron chi connectivity index (χ2n) is 6.10. The predicted molar refractivity (Wildman–Crippen MR) is 111 cm³/mol. The first-order valence-corrected chi connectivity index (χ1v) is 8.87. The minimum Gasteiger partial charge on any atom is -0.454 e. The first-order chi connectivity index (χ1) is 12.3. The molecular formula is C18H28IN3O4. The van der Waals surface area contributed by atoms with E-state index in [0.717, 1.165) is 62.0 Å². The van der Waals surface area contributed by atoms with E-state index in [4.69, 9.17) is 18.9 Å². The van der Waals surface area contributed by atoms with Gasteiger partial charge in [0.2, 0.25) is 6.79 Å². The summed E-state index contributed by atoms with van der Waals surface area (Å²) in [6, 6.07) is 5.94. The minimum absolute atomic E-state index is 0. The quantitative estimate of drug-likeness (QED) is 0.259. The molecule has 8 heteroatoms.